The average molecular weight is 323 g/mol. The summed E-state index contributed by atoms with van der Waals surface area (Å²) in [5.74, 6) is 2.22. The van der Waals surface area contributed by atoms with Gasteiger partial charge < -0.3 is 15.3 Å². The van der Waals surface area contributed by atoms with Crippen molar-refractivity contribution in [2.75, 3.05) is 12.3 Å². The molecule has 1 fully saturated rings. The molecule has 1 atom stereocenters. The van der Waals surface area contributed by atoms with E-state index in [1.807, 2.05) is 24.3 Å². The number of pyridine rings is 1. The molecule has 5 heteroatoms. The summed E-state index contributed by atoms with van der Waals surface area (Å²) in [7, 11) is 0. The van der Waals surface area contributed by atoms with Gasteiger partial charge in [0.25, 0.3) is 0 Å². The van der Waals surface area contributed by atoms with Crippen LogP contribution in [0.2, 0.25) is 0 Å². The third-order valence-corrected chi connectivity index (χ3v) is 4.46. The molecule has 1 saturated carbocycles. The summed E-state index contributed by atoms with van der Waals surface area (Å²) in [5, 5.41) is 4.22. The Hall–Kier alpha value is -2.56. The zero-order valence-electron chi connectivity index (χ0n) is 13.5. The maximum Gasteiger partial charge on any atom is 0.161 e. The molecule has 0 bridgehead atoms. The first-order chi connectivity index (χ1) is 11.8. The third-order valence-electron chi connectivity index (χ3n) is 4.46. The molecule has 0 saturated heterocycles. The van der Waals surface area contributed by atoms with Crippen LogP contribution >= 0.6 is 0 Å². The zero-order chi connectivity index (χ0) is 16.4. The van der Waals surface area contributed by atoms with E-state index in [1.165, 1.54) is 18.4 Å². The van der Waals surface area contributed by atoms with Crippen LogP contribution in [0.15, 0.2) is 47.8 Å². The van der Waals surface area contributed by atoms with E-state index in [0.29, 0.717) is 5.82 Å². The van der Waals surface area contributed by atoms with Crippen LogP contribution in [0.4, 0.5) is 5.82 Å². The fraction of sp³-hybridized carbons (Fsp3) is 0.368. The molecule has 2 aromatic rings. The number of nitrogens with zero attached hydrogens (tertiary/aromatic N) is 2. The van der Waals surface area contributed by atoms with Gasteiger partial charge in [-0.05, 0) is 48.6 Å². The summed E-state index contributed by atoms with van der Waals surface area (Å²) >= 11 is 0. The van der Waals surface area contributed by atoms with Gasteiger partial charge in [-0.2, -0.15) is 0 Å². The van der Waals surface area contributed by atoms with E-state index in [1.54, 1.807) is 6.20 Å². The van der Waals surface area contributed by atoms with E-state index in [2.05, 4.69) is 22.3 Å². The molecular weight excluding hydrogens is 302 g/mol. The highest BCUT2D eigenvalue weighted by atomic mass is 16.6. The van der Waals surface area contributed by atoms with Crippen molar-refractivity contribution in [2.24, 2.45) is 11.1 Å². The highest BCUT2D eigenvalue weighted by molar-refractivity contribution is 5.87. The number of hydrogen-bond acceptors (Lipinski definition) is 5. The molecule has 124 valence electrons. The second-order valence-electron chi connectivity index (χ2n) is 6.51. The number of hydrogen-bond donors (Lipinski definition) is 1. The van der Waals surface area contributed by atoms with Gasteiger partial charge in [-0.3, -0.25) is 0 Å². The third kappa shape index (κ3) is 3.50. The summed E-state index contributed by atoms with van der Waals surface area (Å²) in [6.45, 7) is 0.841. The Balaban J connectivity index is 1.33. The van der Waals surface area contributed by atoms with Crippen LogP contribution in [0.5, 0.6) is 5.75 Å². The standard InChI is InChI=1S/C19H21N3O2/c20-19-17(2-1-9-21-19)18-11-15(22-24-18)10-13-5-7-16(8-6-13)23-12-14-3-4-14/h1-2,5-9,14,18H,3-4,10-12H2,(H2,20,21). The fourth-order valence-electron chi connectivity index (χ4n) is 2.84. The number of oxime groups is 1. The molecule has 0 radical (unpaired) electrons. The number of nitrogen functional groups attached to an aromatic ring is 1. The van der Waals surface area contributed by atoms with Gasteiger partial charge in [-0.25, -0.2) is 4.98 Å². The predicted octanol–water partition coefficient (Wildman–Crippen LogP) is 3.51. The monoisotopic (exact) mass is 323 g/mol. The fourth-order valence-corrected chi connectivity index (χ4v) is 2.84. The van der Waals surface area contributed by atoms with Gasteiger partial charge in [-0.15, -0.1) is 0 Å². The van der Waals surface area contributed by atoms with Crippen LogP contribution in [-0.4, -0.2) is 17.3 Å². The second-order valence-corrected chi connectivity index (χ2v) is 6.51. The SMILES string of the molecule is Nc1ncccc1C1CC(Cc2ccc(OCC3CC3)cc2)=NO1. The Kier molecular flexibility index (Phi) is 4.07. The van der Waals surface area contributed by atoms with Crippen molar-refractivity contribution < 1.29 is 9.57 Å². The predicted molar refractivity (Wildman–Crippen MR) is 92.9 cm³/mol. The minimum atomic E-state index is -0.130. The molecule has 5 nitrogen and oxygen atoms in total. The van der Waals surface area contributed by atoms with Gasteiger partial charge in [0.1, 0.15) is 11.6 Å². The van der Waals surface area contributed by atoms with Gasteiger partial charge in [0.2, 0.25) is 0 Å². The Labute approximate surface area is 141 Å². The van der Waals surface area contributed by atoms with Gasteiger partial charge in [-0.1, -0.05) is 17.3 Å². The lowest BCUT2D eigenvalue weighted by atomic mass is 10.0. The van der Waals surface area contributed by atoms with E-state index >= 15 is 0 Å². The first kappa shape index (κ1) is 15.0. The van der Waals surface area contributed by atoms with Crippen molar-refractivity contribution in [3.8, 4) is 5.75 Å². The number of nitrogens with two attached hydrogens (primary N) is 1. The van der Waals surface area contributed by atoms with E-state index in [-0.39, 0.29) is 6.10 Å². The van der Waals surface area contributed by atoms with Crippen molar-refractivity contribution in [2.45, 2.75) is 31.8 Å². The minimum Gasteiger partial charge on any atom is -0.493 e. The molecule has 1 aromatic carbocycles. The molecule has 1 aromatic heterocycles. The normalized spacial score (nSPS) is 19.7. The number of benzene rings is 1. The van der Waals surface area contributed by atoms with Crippen LogP contribution in [0, 0.1) is 5.92 Å². The summed E-state index contributed by atoms with van der Waals surface area (Å²) in [6, 6.07) is 12.1. The molecule has 2 aliphatic rings. The molecule has 0 spiro atoms. The Morgan fingerprint density at radius 3 is 2.75 bits per heavy atom. The maximum absolute atomic E-state index is 5.91. The van der Waals surface area contributed by atoms with E-state index in [4.69, 9.17) is 15.3 Å². The molecule has 0 amide bonds. The second kappa shape index (κ2) is 6.51. The van der Waals surface area contributed by atoms with Crippen LogP contribution < -0.4 is 10.5 Å². The van der Waals surface area contributed by atoms with Crippen LogP contribution in [0.1, 0.15) is 36.5 Å². The van der Waals surface area contributed by atoms with Crippen LogP contribution in [0.25, 0.3) is 0 Å². The minimum absolute atomic E-state index is 0.130. The highest BCUT2D eigenvalue weighted by Gasteiger charge is 2.25. The van der Waals surface area contributed by atoms with Crippen molar-refractivity contribution in [3.63, 3.8) is 0 Å². The van der Waals surface area contributed by atoms with Crippen molar-refractivity contribution in [1.82, 2.24) is 4.98 Å². The van der Waals surface area contributed by atoms with Crippen LogP contribution in [-0.2, 0) is 11.3 Å². The lowest BCUT2D eigenvalue weighted by Gasteiger charge is -2.10. The molecule has 2 heterocycles. The topological polar surface area (TPSA) is 69.7 Å². The number of rotatable bonds is 6. The number of ether oxygens (including phenoxy) is 1. The molecular formula is C19H21N3O2. The molecule has 1 unspecified atom stereocenters. The van der Waals surface area contributed by atoms with Crippen molar-refractivity contribution in [1.29, 1.82) is 0 Å². The Morgan fingerprint density at radius 2 is 2.00 bits per heavy atom. The zero-order valence-corrected chi connectivity index (χ0v) is 13.5. The first-order valence-electron chi connectivity index (χ1n) is 8.41. The quantitative estimate of drug-likeness (QED) is 0.883. The maximum atomic E-state index is 5.91. The van der Waals surface area contributed by atoms with Crippen molar-refractivity contribution in [3.05, 3.63) is 53.7 Å². The molecule has 24 heavy (non-hydrogen) atoms. The molecule has 1 aliphatic carbocycles. The lowest BCUT2D eigenvalue weighted by Crippen LogP contribution is -2.06. The summed E-state index contributed by atoms with van der Waals surface area (Å²) < 4.78 is 5.77. The largest absolute Gasteiger partial charge is 0.493 e. The van der Waals surface area contributed by atoms with E-state index < -0.39 is 0 Å². The molecule has 1 aliphatic heterocycles. The van der Waals surface area contributed by atoms with Crippen molar-refractivity contribution >= 4 is 11.5 Å². The Morgan fingerprint density at radius 1 is 1.17 bits per heavy atom. The van der Waals surface area contributed by atoms with Gasteiger partial charge in [0, 0.05) is 24.6 Å². The smallest absolute Gasteiger partial charge is 0.161 e. The van der Waals surface area contributed by atoms with E-state index in [9.17, 15) is 0 Å². The van der Waals surface area contributed by atoms with E-state index in [0.717, 1.165) is 42.4 Å². The Bertz CT molecular complexity index is 739. The average Bonchev–Trinajstić information content (AvgIpc) is 3.33. The first-order valence-corrected chi connectivity index (χ1v) is 8.41. The van der Waals surface area contributed by atoms with Gasteiger partial charge in [0.05, 0.1) is 12.3 Å². The summed E-state index contributed by atoms with van der Waals surface area (Å²) in [6.07, 6.45) is 5.69. The number of aromatic nitrogens is 1. The summed E-state index contributed by atoms with van der Waals surface area (Å²) in [5.41, 5.74) is 9.04. The molecule has 2 N–H and O–H groups in total. The summed E-state index contributed by atoms with van der Waals surface area (Å²) in [4.78, 5) is 9.65. The molecule has 4 rings (SSSR count). The van der Waals surface area contributed by atoms with Gasteiger partial charge in [0.15, 0.2) is 6.10 Å². The van der Waals surface area contributed by atoms with Crippen LogP contribution in [0.3, 0.4) is 0 Å². The highest BCUT2D eigenvalue weighted by Crippen LogP contribution is 2.31. The van der Waals surface area contributed by atoms with Gasteiger partial charge >= 0.3 is 0 Å². The lowest BCUT2D eigenvalue weighted by molar-refractivity contribution is 0.0860. The number of anilines is 1.